The van der Waals surface area contributed by atoms with Crippen LogP contribution >= 0.6 is 0 Å². The first-order valence-corrected chi connectivity index (χ1v) is 7.00. The van der Waals surface area contributed by atoms with Gasteiger partial charge in [0.1, 0.15) is 5.75 Å². The second-order valence-electron chi connectivity index (χ2n) is 5.31. The Hall–Kier alpha value is -1.26. The van der Waals surface area contributed by atoms with Gasteiger partial charge in [0.15, 0.2) is 0 Å². The normalized spacial score (nSPS) is 28.4. The lowest BCUT2D eigenvalue weighted by atomic mass is 9.82. The Labute approximate surface area is 113 Å². The molecule has 2 heterocycles. The fourth-order valence-corrected chi connectivity index (χ4v) is 3.28. The van der Waals surface area contributed by atoms with E-state index in [0.717, 1.165) is 37.3 Å². The molecule has 0 saturated carbocycles. The molecule has 2 N–H and O–H groups in total. The van der Waals surface area contributed by atoms with Crippen LogP contribution in [0, 0.1) is 5.92 Å². The Bertz CT molecular complexity index is 449. The highest BCUT2D eigenvalue weighted by molar-refractivity contribution is 5.58. The molecule has 0 aromatic heterocycles. The van der Waals surface area contributed by atoms with Crippen molar-refractivity contribution >= 4 is 5.69 Å². The number of benzene rings is 1. The lowest BCUT2D eigenvalue weighted by molar-refractivity contribution is 0.0811. The van der Waals surface area contributed by atoms with Crippen LogP contribution in [0.1, 0.15) is 30.9 Å². The minimum absolute atomic E-state index is 0.176. The molecule has 104 valence electrons. The molecule has 0 unspecified atom stereocenters. The second kappa shape index (κ2) is 5.39. The maximum atomic E-state index is 9.03. The minimum Gasteiger partial charge on any atom is -0.497 e. The molecule has 0 bridgehead atoms. The zero-order valence-corrected chi connectivity index (χ0v) is 11.3. The zero-order chi connectivity index (χ0) is 13.2. The van der Waals surface area contributed by atoms with Gasteiger partial charge in [-0.25, -0.2) is 0 Å². The van der Waals surface area contributed by atoms with Crippen LogP contribution < -0.4 is 10.1 Å². The van der Waals surface area contributed by atoms with Gasteiger partial charge in [0, 0.05) is 36.4 Å². The van der Waals surface area contributed by atoms with Crippen molar-refractivity contribution in [3.8, 4) is 5.75 Å². The summed E-state index contributed by atoms with van der Waals surface area (Å²) < 4.78 is 11.2. The number of anilines is 1. The molecule has 0 spiro atoms. The van der Waals surface area contributed by atoms with E-state index in [9.17, 15) is 0 Å². The smallest absolute Gasteiger partial charge is 0.119 e. The number of hydrogen-bond acceptors (Lipinski definition) is 4. The van der Waals surface area contributed by atoms with Crippen LogP contribution in [0.3, 0.4) is 0 Å². The first kappa shape index (κ1) is 12.8. The third-order valence-electron chi connectivity index (χ3n) is 4.23. The molecule has 19 heavy (non-hydrogen) atoms. The lowest BCUT2D eigenvalue weighted by Crippen LogP contribution is -2.36. The van der Waals surface area contributed by atoms with E-state index in [1.807, 2.05) is 6.07 Å². The van der Waals surface area contributed by atoms with Gasteiger partial charge in [0.2, 0.25) is 0 Å². The molecule has 0 amide bonds. The number of nitrogens with one attached hydrogen (secondary N) is 1. The van der Waals surface area contributed by atoms with Gasteiger partial charge < -0.3 is 19.9 Å². The molecule has 0 radical (unpaired) electrons. The molecule has 4 heteroatoms. The molecule has 4 nitrogen and oxygen atoms in total. The van der Waals surface area contributed by atoms with E-state index >= 15 is 0 Å². The molecule has 3 atom stereocenters. The van der Waals surface area contributed by atoms with E-state index in [0.29, 0.717) is 12.0 Å². The quantitative estimate of drug-likeness (QED) is 0.875. The van der Waals surface area contributed by atoms with Gasteiger partial charge in [-0.3, -0.25) is 0 Å². The summed E-state index contributed by atoms with van der Waals surface area (Å²) in [7, 11) is 1.69. The largest absolute Gasteiger partial charge is 0.497 e. The molecule has 1 fully saturated rings. The number of methoxy groups -OCH3 is 1. The van der Waals surface area contributed by atoms with Gasteiger partial charge in [0.05, 0.1) is 13.2 Å². The van der Waals surface area contributed by atoms with Gasteiger partial charge >= 0.3 is 0 Å². The minimum atomic E-state index is 0.176. The molecule has 1 aromatic carbocycles. The third-order valence-corrected chi connectivity index (χ3v) is 4.23. The van der Waals surface area contributed by atoms with Crippen molar-refractivity contribution in [2.24, 2.45) is 5.92 Å². The molecule has 1 saturated heterocycles. The van der Waals surface area contributed by atoms with Crippen LogP contribution in [-0.2, 0) is 4.74 Å². The summed E-state index contributed by atoms with van der Waals surface area (Å²) >= 11 is 0. The van der Waals surface area contributed by atoms with Crippen LogP contribution in [0.15, 0.2) is 18.2 Å². The number of rotatable bonds is 4. The number of fused-ring (bicyclic) bond motifs is 3. The van der Waals surface area contributed by atoms with Gasteiger partial charge in [-0.15, -0.1) is 0 Å². The third kappa shape index (κ3) is 2.30. The van der Waals surface area contributed by atoms with Crippen LogP contribution in [0.25, 0.3) is 0 Å². The molecule has 2 aliphatic heterocycles. The van der Waals surface area contributed by atoms with Gasteiger partial charge in [-0.2, -0.15) is 0 Å². The maximum Gasteiger partial charge on any atom is 0.119 e. The molecular formula is C15H21NO3. The number of hydrogen-bond donors (Lipinski definition) is 2. The van der Waals surface area contributed by atoms with Crippen LogP contribution in [0.4, 0.5) is 5.69 Å². The van der Waals surface area contributed by atoms with E-state index in [1.54, 1.807) is 7.11 Å². The molecule has 3 rings (SSSR count). The first-order valence-electron chi connectivity index (χ1n) is 7.00. The van der Waals surface area contributed by atoms with Crippen molar-refractivity contribution < 1.29 is 14.6 Å². The van der Waals surface area contributed by atoms with Crippen LogP contribution in [0.5, 0.6) is 5.75 Å². The van der Waals surface area contributed by atoms with Crippen molar-refractivity contribution in [3.05, 3.63) is 23.8 Å². The highest BCUT2D eigenvalue weighted by atomic mass is 16.5. The lowest BCUT2D eigenvalue weighted by Gasteiger charge is -2.36. The summed E-state index contributed by atoms with van der Waals surface area (Å²) in [5, 5.41) is 12.6. The Morgan fingerprint density at radius 1 is 1.47 bits per heavy atom. The van der Waals surface area contributed by atoms with E-state index in [-0.39, 0.29) is 12.7 Å². The molecular weight excluding hydrogens is 242 g/mol. The molecule has 0 aliphatic carbocycles. The highest BCUT2D eigenvalue weighted by Gasteiger charge is 2.40. The standard InChI is InChI=1S/C15H21NO3/c1-18-10-4-5-14-12(9-10)15-11(6-8-19-15)13(16-14)3-2-7-17/h4-5,9,11,13,15-17H,2-3,6-8H2,1H3/t11-,13-,15-/m1/s1. The highest BCUT2D eigenvalue weighted by Crippen LogP contribution is 2.46. The van der Waals surface area contributed by atoms with Crippen LogP contribution in [0.2, 0.25) is 0 Å². The summed E-state index contributed by atoms with van der Waals surface area (Å²) in [6, 6.07) is 6.52. The van der Waals surface area contributed by atoms with Gasteiger partial charge in [-0.1, -0.05) is 0 Å². The van der Waals surface area contributed by atoms with Gasteiger partial charge in [-0.05, 0) is 37.5 Å². The molecule has 2 aliphatic rings. The molecule has 1 aromatic rings. The number of ether oxygens (including phenoxy) is 2. The second-order valence-corrected chi connectivity index (χ2v) is 5.31. The SMILES string of the molecule is COc1ccc2c(c1)[C@@H]1OCC[C@@H]1[C@@H](CCCO)N2. The van der Waals surface area contributed by atoms with Crippen molar-refractivity contribution in [3.63, 3.8) is 0 Å². The topological polar surface area (TPSA) is 50.7 Å². The summed E-state index contributed by atoms with van der Waals surface area (Å²) in [6.45, 7) is 1.08. The fraction of sp³-hybridized carbons (Fsp3) is 0.600. The number of aliphatic hydroxyl groups is 1. The summed E-state index contributed by atoms with van der Waals surface area (Å²) in [5.74, 6) is 1.38. The average molecular weight is 263 g/mol. The summed E-state index contributed by atoms with van der Waals surface area (Å²) in [5.41, 5.74) is 2.36. The van der Waals surface area contributed by atoms with Crippen molar-refractivity contribution in [2.45, 2.75) is 31.4 Å². The predicted molar refractivity (Wildman–Crippen MR) is 73.5 cm³/mol. The van der Waals surface area contributed by atoms with Gasteiger partial charge in [0.25, 0.3) is 0 Å². The summed E-state index contributed by atoms with van der Waals surface area (Å²) in [4.78, 5) is 0. The Morgan fingerprint density at radius 3 is 3.16 bits per heavy atom. The Kier molecular flexibility index (Phi) is 3.62. The Balaban J connectivity index is 1.89. The summed E-state index contributed by atoms with van der Waals surface area (Å²) in [6.07, 6.45) is 3.10. The Morgan fingerprint density at radius 2 is 2.37 bits per heavy atom. The van der Waals surface area contributed by atoms with Crippen molar-refractivity contribution in [2.75, 3.05) is 25.6 Å². The monoisotopic (exact) mass is 263 g/mol. The van der Waals surface area contributed by atoms with Crippen molar-refractivity contribution in [1.82, 2.24) is 0 Å². The van der Waals surface area contributed by atoms with E-state index in [4.69, 9.17) is 14.6 Å². The van der Waals surface area contributed by atoms with Crippen LogP contribution in [-0.4, -0.2) is 31.5 Å². The van der Waals surface area contributed by atoms with Crippen molar-refractivity contribution in [1.29, 1.82) is 0 Å². The fourth-order valence-electron chi connectivity index (χ4n) is 3.28. The van der Waals surface area contributed by atoms with E-state index in [1.165, 1.54) is 5.56 Å². The number of aliphatic hydroxyl groups excluding tert-OH is 1. The first-order chi connectivity index (χ1) is 9.33. The zero-order valence-electron chi connectivity index (χ0n) is 11.3. The van der Waals surface area contributed by atoms with E-state index in [2.05, 4.69) is 17.4 Å². The van der Waals surface area contributed by atoms with E-state index < -0.39 is 0 Å². The predicted octanol–water partition coefficient (Wildman–Crippen LogP) is 2.34. The average Bonchev–Trinajstić information content (AvgIpc) is 2.94. The maximum absolute atomic E-state index is 9.03.